The number of nitrogens with zero attached hydrogens (tertiary/aromatic N) is 2. The molecule has 0 radical (unpaired) electrons. The normalized spacial score (nSPS) is 10.8. The molecule has 2 amide bonds. The van der Waals surface area contributed by atoms with Crippen LogP contribution in [0.4, 0.5) is 0 Å². The van der Waals surface area contributed by atoms with Gasteiger partial charge < -0.3 is 0 Å². The number of hydrogen-bond acceptors (Lipinski definition) is 4. The van der Waals surface area contributed by atoms with Gasteiger partial charge in [-0.05, 0) is 20.3 Å². The van der Waals surface area contributed by atoms with Crippen LogP contribution in [-0.4, -0.2) is 24.2 Å². The summed E-state index contributed by atoms with van der Waals surface area (Å²) in [5.41, 5.74) is 4.64. The van der Waals surface area contributed by atoms with Gasteiger partial charge in [0.2, 0.25) is 11.8 Å². The first-order valence-corrected chi connectivity index (χ1v) is 4.73. The molecular formula is C9H16N4O2. The maximum absolute atomic E-state index is 11.0. The number of hydrazone groups is 2. The molecule has 15 heavy (non-hydrogen) atoms. The molecule has 0 bridgehead atoms. The average Bonchev–Trinajstić information content (AvgIpc) is 2.23. The van der Waals surface area contributed by atoms with Crippen LogP contribution >= 0.6 is 0 Å². The minimum atomic E-state index is -0.195. The van der Waals surface area contributed by atoms with E-state index in [9.17, 15) is 9.59 Å². The molecule has 2 N–H and O–H groups in total. The lowest BCUT2D eigenvalue weighted by molar-refractivity contribution is -0.122. The summed E-state index contributed by atoms with van der Waals surface area (Å²) in [6, 6.07) is 0. The number of carbonyl (C=O) groups excluding carboxylic acids is 2. The van der Waals surface area contributed by atoms with E-state index in [1.165, 1.54) is 12.4 Å². The van der Waals surface area contributed by atoms with Gasteiger partial charge in [0.15, 0.2) is 0 Å². The highest BCUT2D eigenvalue weighted by atomic mass is 16.2. The lowest BCUT2D eigenvalue weighted by atomic mass is 10.2. The Labute approximate surface area is 88.8 Å². The van der Waals surface area contributed by atoms with Crippen molar-refractivity contribution in [1.82, 2.24) is 10.9 Å². The largest absolute Gasteiger partial charge is 0.273 e. The monoisotopic (exact) mass is 212 g/mol. The molecule has 0 unspecified atom stereocenters. The predicted octanol–water partition coefficient (Wildman–Crippen LogP) is 0.401. The molecule has 0 aromatic heterocycles. The van der Waals surface area contributed by atoms with Crippen LogP contribution < -0.4 is 10.9 Å². The van der Waals surface area contributed by atoms with Gasteiger partial charge in [0.1, 0.15) is 0 Å². The van der Waals surface area contributed by atoms with Gasteiger partial charge in [-0.15, -0.1) is 0 Å². The van der Waals surface area contributed by atoms with Crippen molar-refractivity contribution < 1.29 is 9.59 Å². The van der Waals surface area contributed by atoms with Gasteiger partial charge in [0, 0.05) is 25.3 Å². The summed E-state index contributed by atoms with van der Waals surface area (Å²) in [6.45, 7) is 3.41. The van der Waals surface area contributed by atoms with Crippen molar-refractivity contribution in [3.05, 3.63) is 0 Å². The highest BCUT2D eigenvalue weighted by molar-refractivity contribution is 5.79. The van der Waals surface area contributed by atoms with E-state index >= 15 is 0 Å². The molecule has 0 aromatic rings. The van der Waals surface area contributed by atoms with Crippen LogP contribution in [0.3, 0.4) is 0 Å². The van der Waals surface area contributed by atoms with Crippen LogP contribution in [0, 0.1) is 0 Å². The zero-order valence-corrected chi connectivity index (χ0v) is 8.99. The molecule has 6 nitrogen and oxygen atoms in total. The summed E-state index contributed by atoms with van der Waals surface area (Å²) in [5.74, 6) is -0.389. The Morgan fingerprint density at radius 3 is 1.73 bits per heavy atom. The molecule has 0 fully saturated rings. The maximum atomic E-state index is 11.0. The van der Waals surface area contributed by atoms with Gasteiger partial charge in [-0.3, -0.25) is 9.59 Å². The molecule has 0 saturated heterocycles. The third-order valence-corrected chi connectivity index (χ3v) is 1.44. The summed E-state index contributed by atoms with van der Waals surface area (Å²) in [6.07, 6.45) is 4.01. The number of amides is 2. The van der Waals surface area contributed by atoms with Crippen molar-refractivity contribution in [2.45, 2.75) is 33.1 Å². The molecule has 0 aliphatic heterocycles. The predicted molar refractivity (Wildman–Crippen MR) is 58.5 cm³/mol. The molecule has 0 saturated carbocycles. The summed E-state index contributed by atoms with van der Waals surface area (Å²) in [7, 11) is 0. The Kier molecular flexibility index (Phi) is 7.84. The molecular weight excluding hydrogens is 196 g/mol. The van der Waals surface area contributed by atoms with Crippen molar-refractivity contribution in [3.8, 4) is 0 Å². The smallest absolute Gasteiger partial charge is 0.240 e. The summed E-state index contributed by atoms with van der Waals surface area (Å²) in [5, 5.41) is 7.14. The Balaban J connectivity index is 3.52. The van der Waals surface area contributed by atoms with Gasteiger partial charge >= 0.3 is 0 Å². The zero-order chi connectivity index (χ0) is 11.5. The molecule has 6 heteroatoms. The van der Waals surface area contributed by atoms with Crippen LogP contribution in [0.25, 0.3) is 0 Å². The van der Waals surface area contributed by atoms with E-state index < -0.39 is 0 Å². The fourth-order valence-electron chi connectivity index (χ4n) is 0.794. The average molecular weight is 212 g/mol. The molecule has 0 spiro atoms. The van der Waals surface area contributed by atoms with Crippen LogP contribution in [0.1, 0.15) is 33.1 Å². The topological polar surface area (TPSA) is 82.9 Å². The lowest BCUT2D eigenvalue weighted by Crippen LogP contribution is -2.20. The molecule has 0 atom stereocenters. The van der Waals surface area contributed by atoms with Crippen molar-refractivity contribution in [3.63, 3.8) is 0 Å². The van der Waals surface area contributed by atoms with E-state index in [0.29, 0.717) is 6.42 Å². The maximum Gasteiger partial charge on any atom is 0.240 e. The number of nitrogens with one attached hydrogen (secondary N) is 2. The fraction of sp³-hybridized carbons (Fsp3) is 0.556. The van der Waals surface area contributed by atoms with E-state index in [-0.39, 0.29) is 24.7 Å². The number of carbonyl (C=O) groups is 2. The van der Waals surface area contributed by atoms with E-state index in [1.807, 2.05) is 0 Å². The van der Waals surface area contributed by atoms with Crippen molar-refractivity contribution in [2.75, 3.05) is 0 Å². The van der Waals surface area contributed by atoms with Crippen LogP contribution in [-0.2, 0) is 9.59 Å². The minimum Gasteiger partial charge on any atom is -0.273 e. The minimum absolute atomic E-state index is 0.195. The fourth-order valence-corrected chi connectivity index (χ4v) is 0.794. The summed E-state index contributed by atoms with van der Waals surface area (Å²) < 4.78 is 0. The van der Waals surface area contributed by atoms with Gasteiger partial charge in [0.05, 0.1) is 0 Å². The molecule has 0 aliphatic rings. The molecule has 0 aliphatic carbocycles. The van der Waals surface area contributed by atoms with Gasteiger partial charge in [0.25, 0.3) is 0 Å². The third kappa shape index (κ3) is 8.61. The van der Waals surface area contributed by atoms with Crippen LogP contribution in [0.2, 0.25) is 0 Å². The van der Waals surface area contributed by atoms with E-state index in [1.54, 1.807) is 13.8 Å². The van der Waals surface area contributed by atoms with E-state index in [2.05, 4.69) is 21.1 Å². The molecule has 0 rings (SSSR count). The van der Waals surface area contributed by atoms with Gasteiger partial charge in [-0.1, -0.05) is 0 Å². The lowest BCUT2D eigenvalue weighted by Gasteiger charge is -1.99. The number of rotatable bonds is 6. The van der Waals surface area contributed by atoms with Crippen molar-refractivity contribution in [2.24, 2.45) is 10.2 Å². The quantitative estimate of drug-likeness (QED) is 0.493. The molecule has 84 valence electrons. The first-order chi connectivity index (χ1) is 7.20. The second-order valence-electron chi connectivity index (χ2n) is 2.70. The molecule has 0 heterocycles. The van der Waals surface area contributed by atoms with Crippen molar-refractivity contribution >= 4 is 24.2 Å². The highest BCUT2D eigenvalue weighted by Crippen LogP contribution is 1.95. The zero-order valence-electron chi connectivity index (χ0n) is 8.99. The Bertz CT molecular complexity index is 235. The van der Waals surface area contributed by atoms with Crippen molar-refractivity contribution in [1.29, 1.82) is 0 Å². The van der Waals surface area contributed by atoms with Crippen LogP contribution in [0.5, 0.6) is 0 Å². The Morgan fingerprint density at radius 2 is 1.40 bits per heavy atom. The third-order valence-electron chi connectivity index (χ3n) is 1.44. The van der Waals surface area contributed by atoms with Gasteiger partial charge in [-0.25, -0.2) is 10.9 Å². The Hall–Kier alpha value is -1.72. The van der Waals surface area contributed by atoms with Gasteiger partial charge in [-0.2, -0.15) is 10.2 Å². The molecule has 0 aromatic carbocycles. The number of hydrogen-bond donors (Lipinski definition) is 2. The van der Waals surface area contributed by atoms with E-state index in [0.717, 1.165) is 0 Å². The summed E-state index contributed by atoms with van der Waals surface area (Å²) >= 11 is 0. The second-order valence-corrected chi connectivity index (χ2v) is 2.70. The highest BCUT2D eigenvalue weighted by Gasteiger charge is 2.03. The standard InChI is InChI=1S/C9H16N4O2/c1-3-10-12-8(14)6-5-7-9(15)13-11-4-2/h3-4H,5-7H2,1-2H3,(H,12,14)(H,13,15). The Morgan fingerprint density at radius 1 is 1.00 bits per heavy atom. The summed E-state index contributed by atoms with van der Waals surface area (Å²) in [4.78, 5) is 22.0. The van der Waals surface area contributed by atoms with E-state index in [4.69, 9.17) is 0 Å². The van der Waals surface area contributed by atoms with Crippen LogP contribution in [0.15, 0.2) is 10.2 Å². The second kappa shape index (κ2) is 8.86. The first kappa shape index (κ1) is 13.3. The SMILES string of the molecule is CC=NNC(=O)CCCC(=O)NN=CC. The first-order valence-electron chi connectivity index (χ1n) is 4.73.